The predicted molar refractivity (Wildman–Crippen MR) is 96.0 cm³/mol. The van der Waals surface area contributed by atoms with Gasteiger partial charge in [-0.2, -0.15) is 0 Å². The van der Waals surface area contributed by atoms with E-state index in [0.717, 1.165) is 17.5 Å². The molecule has 0 fully saturated rings. The Hall–Kier alpha value is -3.35. The smallest absolute Gasteiger partial charge is 0.271 e. The summed E-state index contributed by atoms with van der Waals surface area (Å²) in [6.07, 6.45) is 7.03. The van der Waals surface area contributed by atoms with Gasteiger partial charge in [0, 0.05) is 25.5 Å². The van der Waals surface area contributed by atoms with E-state index in [0.29, 0.717) is 18.9 Å². The van der Waals surface area contributed by atoms with Crippen LogP contribution in [0, 0.1) is 5.82 Å². The Labute approximate surface area is 150 Å². The number of pyridine rings is 1. The molecule has 0 saturated heterocycles. The van der Waals surface area contributed by atoms with Crippen molar-refractivity contribution in [3.63, 3.8) is 0 Å². The number of benzene rings is 1. The maximum absolute atomic E-state index is 12.9. The third-order valence-electron chi connectivity index (χ3n) is 3.72. The number of anilines is 1. The zero-order chi connectivity index (χ0) is 18.2. The third kappa shape index (κ3) is 5.07. The molecule has 6 nitrogen and oxygen atoms in total. The standard InChI is InChI=1S/C19H18FN5O/c20-16-3-1-14(2-4-16)7-10-22-18-13-23-17(12-24-18)19(26)25-11-15-5-8-21-9-6-15/h1-6,8-9,12-13H,7,10-11H2,(H,22,24)(H,25,26). The number of carbonyl (C=O) groups is 1. The molecule has 0 atom stereocenters. The van der Waals surface area contributed by atoms with Crippen LogP contribution in [-0.2, 0) is 13.0 Å². The largest absolute Gasteiger partial charge is 0.368 e. The van der Waals surface area contributed by atoms with Gasteiger partial charge in [-0.1, -0.05) is 12.1 Å². The van der Waals surface area contributed by atoms with Gasteiger partial charge in [0.1, 0.15) is 17.3 Å². The second-order valence-electron chi connectivity index (χ2n) is 5.63. The van der Waals surface area contributed by atoms with Crippen LogP contribution in [-0.4, -0.2) is 27.4 Å². The minimum atomic E-state index is -0.285. The van der Waals surface area contributed by atoms with Gasteiger partial charge in [-0.25, -0.2) is 14.4 Å². The van der Waals surface area contributed by atoms with Gasteiger partial charge in [0.2, 0.25) is 0 Å². The molecule has 1 aromatic carbocycles. The highest BCUT2D eigenvalue weighted by Gasteiger charge is 2.07. The van der Waals surface area contributed by atoms with Crippen molar-refractivity contribution >= 4 is 11.7 Å². The van der Waals surface area contributed by atoms with Gasteiger partial charge in [0.05, 0.1) is 12.4 Å². The second kappa shape index (κ2) is 8.66. The molecule has 3 rings (SSSR count). The Morgan fingerprint density at radius 1 is 0.962 bits per heavy atom. The minimum absolute atomic E-state index is 0.245. The maximum Gasteiger partial charge on any atom is 0.271 e. The molecule has 2 N–H and O–H groups in total. The van der Waals surface area contributed by atoms with Crippen molar-refractivity contribution in [3.8, 4) is 0 Å². The van der Waals surface area contributed by atoms with E-state index in [-0.39, 0.29) is 17.4 Å². The molecule has 132 valence electrons. The number of nitrogens with one attached hydrogen (secondary N) is 2. The summed E-state index contributed by atoms with van der Waals surface area (Å²) in [5, 5.41) is 5.91. The van der Waals surface area contributed by atoms with Crippen LogP contribution >= 0.6 is 0 Å². The first-order valence-electron chi connectivity index (χ1n) is 8.18. The van der Waals surface area contributed by atoms with E-state index in [1.54, 1.807) is 24.5 Å². The first-order valence-corrected chi connectivity index (χ1v) is 8.18. The van der Waals surface area contributed by atoms with Crippen LogP contribution in [0.25, 0.3) is 0 Å². The Bertz CT molecular complexity index is 838. The molecular weight excluding hydrogens is 333 g/mol. The highest BCUT2D eigenvalue weighted by Crippen LogP contribution is 2.06. The molecule has 2 heterocycles. The number of nitrogens with zero attached hydrogens (tertiary/aromatic N) is 3. The van der Waals surface area contributed by atoms with Crippen molar-refractivity contribution in [2.75, 3.05) is 11.9 Å². The molecular formula is C19H18FN5O. The van der Waals surface area contributed by atoms with E-state index in [1.807, 2.05) is 12.1 Å². The molecule has 3 aromatic rings. The summed E-state index contributed by atoms with van der Waals surface area (Å²) in [5.74, 6) is 0.0512. The number of hydrogen-bond donors (Lipinski definition) is 2. The molecule has 0 spiro atoms. The monoisotopic (exact) mass is 351 g/mol. The molecule has 0 bridgehead atoms. The first kappa shape index (κ1) is 17.5. The van der Waals surface area contributed by atoms with Gasteiger partial charge in [-0.05, 0) is 41.8 Å². The van der Waals surface area contributed by atoms with Gasteiger partial charge in [-0.3, -0.25) is 9.78 Å². The summed E-state index contributed by atoms with van der Waals surface area (Å²) in [7, 11) is 0. The van der Waals surface area contributed by atoms with Crippen molar-refractivity contribution in [1.29, 1.82) is 0 Å². The highest BCUT2D eigenvalue weighted by atomic mass is 19.1. The zero-order valence-electron chi connectivity index (χ0n) is 14.0. The van der Waals surface area contributed by atoms with Crippen molar-refractivity contribution in [2.45, 2.75) is 13.0 Å². The third-order valence-corrected chi connectivity index (χ3v) is 3.72. The van der Waals surface area contributed by atoms with Crippen LogP contribution in [0.4, 0.5) is 10.2 Å². The summed E-state index contributed by atoms with van der Waals surface area (Å²) in [5.41, 5.74) is 2.24. The summed E-state index contributed by atoms with van der Waals surface area (Å²) in [6.45, 7) is 1.04. The zero-order valence-corrected chi connectivity index (χ0v) is 14.0. The molecule has 0 aliphatic rings. The summed E-state index contributed by atoms with van der Waals surface area (Å²) < 4.78 is 12.9. The van der Waals surface area contributed by atoms with Crippen LogP contribution in [0.15, 0.2) is 61.2 Å². The van der Waals surface area contributed by atoms with Gasteiger partial charge in [0.25, 0.3) is 5.91 Å². The number of carbonyl (C=O) groups excluding carboxylic acids is 1. The fourth-order valence-corrected chi connectivity index (χ4v) is 2.30. The second-order valence-corrected chi connectivity index (χ2v) is 5.63. The van der Waals surface area contributed by atoms with Crippen LogP contribution in [0.1, 0.15) is 21.6 Å². The average Bonchev–Trinajstić information content (AvgIpc) is 2.69. The Balaban J connectivity index is 1.46. The summed E-state index contributed by atoms with van der Waals surface area (Å²) in [4.78, 5) is 24.3. The molecule has 0 aliphatic heterocycles. The lowest BCUT2D eigenvalue weighted by atomic mass is 10.1. The fraction of sp³-hybridized carbons (Fsp3) is 0.158. The maximum atomic E-state index is 12.9. The van der Waals surface area contributed by atoms with E-state index in [4.69, 9.17) is 0 Å². The lowest BCUT2D eigenvalue weighted by molar-refractivity contribution is 0.0945. The predicted octanol–water partition coefficient (Wildman–Crippen LogP) is 2.60. The minimum Gasteiger partial charge on any atom is -0.368 e. The lowest BCUT2D eigenvalue weighted by Crippen LogP contribution is -2.24. The van der Waals surface area contributed by atoms with E-state index >= 15 is 0 Å². The van der Waals surface area contributed by atoms with Crippen molar-refractivity contribution < 1.29 is 9.18 Å². The normalized spacial score (nSPS) is 10.3. The van der Waals surface area contributed by atoms with Crippen LogP contribution in [0.3, 0.4) is 0 Å². The average molecular weight is 351 g/mol. The van der Waals surface area contributed by atoms with Gasteiger partial charge in [-0.15, -0.1) is 0 Å². The molecule has 0 radical (unpaired) electrons. The van der Waals surface area contributed by atoms with Gasteiger partial charge >= 0.3 is 0 Å². The first-order chi connectivity index (χ1) is 12.7. The number of amides is 1. The van der Waals surface area contributed by atoms with Gasteiger partial charge < -0.3 is 10.6 Å². The lowest BCUT2D eigenvalue weighted by Gasteiger charge is -2.07. The highest BCUT2D eigenvalue weighted by molar-refractivity contribution is 5.91. The molecule has 0 aliphatic carbocycles. The van der Waals surface area contributed by atoms with Crippen LogP contribution < -0.4 is 10.6 Å². The molecule has 2 aromatic heterocycles. The topological polar surface area (TPSA) is 79.8 Å². The Kier molecular flexibility index (Phi) is 5.82. The van der Waals surface area contributed by atoms with E-state index in [2.05, 4.69) is 25.6 Å². The van der Waals surface area contributed by atoms with Gasteiger partial charge in [0.15, 0.2) is 0 Å². The Morgan fingerprint density at radius 3 is 2.42 bits per heavy atom. The number of aromatic nitrogens is 3. The Morgan fingerprint density at radius 2 is 1.73 bits per heavy atom. The SMILES string of the molecule is O=C(NCc1ccncc1)c1cnc(NCCc2ccc(F)cc2)cn1. The fourth-order valence-electron chi connectivity index (χ4n) is 2.30. The number of hydrogen-bond acceptors (Lipinski definition) is 5. The van der Waals surface area contributed by atoms with E-state index < -0.39 is 0 Å². The van der Waals surface area contributed by atoms with Crippen molar-refractivity contribution in [2.24, 2.45) is 0 Å². The van der Waals surface area contributed by atoms with Crippen molar-refractivity contribution in [3.05, 3.63) is 83.8 Å². The molecule has 26 heavy (non-hydrogen) atoms. The number of halogens is 1. The van der Waals surface area contributed by atoms with E-state index in [9.17, 15) is 9.18 Å². The van der Waals surface area contributed by atoms with Crippen LogP contribution in [0.5, 0.6) is 0 Å². The summed E-state index contributed by atoms with van der Waals surface area (Å²) in [6, 6.07) is 10.0. The molecule has 0 saturated carbocycles. The number of rotatable bonds is 7. The molecule has 0 unspecified atom stereocenters. The summed E-state index contributed by atoms with van der Waals surface area (Å²) >= 11 is 0. The molecule has 1 amide bonds. The quantitative estimate of drug-likeness (QED) is 0.684. The van der Waals surface area contributed by atoms with E-state index in [1.165, 1.54) is 24.5 Å². The molecule has 7 heteroatoms. The van der Waals surface area contributed by atoms with Crippen molar-refractivity contribution in [1.82, 2.24) is 20.3 Å². The van der Waals surface area contributed by atoms with Crippen LogP contribution in [0.2, 0.25) is 0 Å².